The van der Waals surface area contributed by atoms with Crippen LogP contribution in [0.2, 0.25) is 0 Å². The van der Waals surface area contributed by atoms with E-state index in [1.54, 1.807) is 43.3 Å². The average Bonchev–Trinajstić information content (AvgIpc) is 3.16. The zero-order valence-corrected chi connectivity index (χ0v) is 20.9. The van der Waals surface area contributed by atoms with Crippen LogP contribution in [0.1, 0.15) is 44.6 Å². The smallest absolute Gasteiger partial charge is 0.257 e. The lowest BCUT2D eigenvalue weighted by atomic mass is 10.1. The van der Waals surface area contributed by atoms with Gasteiger partial charge in [-0.2, -0.15) is 0 Å². The number of thiocarbonyl (C=S) groups is 1. The van der Waals surface area contributed by atoms with Gasteiger partial charge >= 0.3 is 0 Å². The first-order valence-corrected chi connectivity index (χ1v) is 12.1. The molecule has 7 nitrogen and oxygen atoms in total. The fourth-order valence-electron chi connectivity index (χ4n) is 3.94. The molecule has 1 N–H and O–H groups in total. The molecule has 1 atom stereocenters. The summed E-state index contributed by atoms with van der Waals surface area (Å²) in [6.07, 6.45) is 4.61. The summed E-state index contributed by atoms with van der Waals surface area (Å²) >= 11 is 5.48. The Hall–Kier alpha value is -3.13. The molecule has 0 saturated carbocycles. The van der Waals surface area contributed by atoms with Crippen LogP contribution in [0.25, 0.3) is 0 Å². The first-order valence-electron chi connectivity index (χ1n) is 11.7. The number of carbonyl (C=O) groups excluding carboxylic acids is 2. The van der Waals surface area contributed by atoms with Gasteiger partial charge in [-0.25, -0.2) is 4.90 Å². The number of amides is 2. The first-order chi connectivity index (χ1) is 16.5. The van der Waals surface area contributed by atoms with Crippen LogP contribution in [0.3, 0.4) is 0 Å². The van der Waals surface area contributed by atoms with Gasteiger partial charge in [-0.05, 0) is 60.6 Å². The molecule has 1 unspecified atom stereocenters. The zero-order valence-electron chi connectivity index (χ0n) is 20.1. The molecule has 1 saturated heterocycles. The molecule has 34 heavy (non-hydrogen) atoms. The van der Waals surface area contributed by atoms with E-state index in [1.807, 2.05) is 24.3 Å². The number of hydrogen-bond donors (Lipinski definition) is 1. The van der Waals surface area contributed by atoms with Gasteiger partial charge in [0, 0.05) is 13.6 Å². The van der Waals surface area contributed by atoms with Crippen LogP contribution in [0.4, 0.5) is 5.69 Å². The third-order valence-corrected chi connectivity index (χ3v) is 6.29. The van der Waals surface area contributed by atoms with Crippen LogP contribution in [-0.4, -0.2) is 48.6 Å². The van der Waals surface area contributed by atoms with E-state index in [9.17, 15) is 9.59 Å². The quantitative estimate of drug-likeness (QED) is 0.290. The molecule has 8 heteroatoms. The average molecular weight is 484 g/mol. The zero-order chi connectivity index (χ0) is 24.5. The molecule has 1 heterocycles. The molecule has 1 fully saturated rings. The number of unbranched alkanes of at least 4 members (excludes halogenated alkanes) is 3. The van der Waals surface area contributed by atoms with Gasteiger partial charge < -0.3 is 19.7 Å². The summed E-state index contributed by atoms with van der Waals surface area (Å²) in [5, 5.41) is 3.36. The molecular formula is C26H33N3O4S. The minimum atomic E-state index is -0.677. The van der Waals surface area contributed by atoms with Crippen molar-refractivity contribution in [1.29, 1.82) is 0 Å². The number of methoxy groups -OCH3 is 1. The highest BCUT2D eigenvalue weighted by atomic mass is 32.1. The van der Waals surface area contributed by atoms with E-state index < -0.39 is 6.04 Å². The van der Waals surface area contributed by atoms with E-state index in [2.05, 4.69) is 12.2 Å². The normalized spacial score (nSPS) is 15.4. The van der Waals surface area contributed by atoms with E-state index in [0.717, 1.165) is 29.9 Å². The Bertz CT molecular complexity index is 979. The summed E-state index contributed by atoms with van der Waals surface area (Å²) in [4.78, 5) is 29.2. The van der Waals surface area contributed by atoms with E-state index in [1.165, 1.54) is 17.7 Å². The summed E-state index contributed by atoms with van der Waals surface area (Å²) in [5.74, 6) is 0.942. The maximum absolute atomic E-state index is 13.4. The molecule has 0 aliphatic carbocycles. The molecule has 2 amide bonds. The van der Waals surface area contributed by atoms with Gasteiger partial charge in [-0.3, -0.25) is 9.59 Å². The summed E-state index contributed by atoms with van der Waals surface area (Å²) < 4.78 is 11.0. The molecule has 182 valence electrons. The van der Waals surface area contributed by atoms with Crippen LogP contribution in [0.5, 0.6) is 11.5 Å². The summed E-state index contributed by atoms with van der Waals surface area (Å²) in [7, 11) is 3.32. The first kappa shape index (κ1) is 25.5. The van der Waals surface area contributed by atoms with Crippen molar-refractivity contribution in [3.63, 3.8) is 0 Å². The predicted molar refractivity (Wildman–Crippen MR) is 137 cm³/mol. The van der Waals surface area contributed by atoms with Crippen LogP contribution in [-0.2, 0) is 16.1 Å². The second kappa shape index (κ2) is 12.4. The predicted octanol–water partition coefficient (Wildman–Crippen LogP) is 4.29. The Morgan fingerprint density at radius 2 is 1.74 bits per heavy atom. The fraction of sp³-hybridized carbons (Fsp3) is 0.423. The lowest BCUT2D eigenvalue weighted by Gasteiger charge is -2.29. The van der Waals surface area contributed by atoms with Crippen molar-refractivity contribution in [1.82, 2.24) is 10.2 Å². The number of carbonyl (C=O) groups is 2. The van der Waals surface area contributed by atoms with Crippen LogP contribution in [0, 0.1) is 0 Å². The molecule has 0 radical (unpaired) electrons. The summed E-state index contributed by atoms with van der Waals surface area (Å²) in [5.41, 5.74) is 1.49. The Morgan fingerprint density at radius 3 is 2.35 bits per heavy atom. The topological polar surface area (TPSA) is 71.1 Å². The second-order valence-electron chi connectivity index (χ2n) is 8.22. The largest absolute Gasteiger partial charge is 0.497 e. The van der Waals surface area contributed by atoms with Gasteiger partial charge in [-0.1, -0.05) is 38.3 Å². The number of nitrogens with zero attached hydrogens (tertiary/aromatic N) is 2. The highest BCUT2D eigenvalue weighted by Crippen LogP contribution is 2.28. The molecule has 2 aromatic rings. The monoisotopic (exact) mass is 483 g/mol. The Kier molecular flexibility index (Phi) is 9.27. The molecule has 0 aromatic heterocycles. The number of rotatable bonds is 11. The standard InChI is InChI=1S/C26H33N3O4S/c1-4-5-6-7-16-33-22-14-10-20(11-15-22)29-24(30)17-23(25(29)31)28(26(34)27-2)18-19-8-12-21(32-3)13-9-19/h8-15,23H,4-7,16-18H2,1-3H3,(H,27,34). The Labute approximate surface area is 207 Å². The number of anilines is 1. The van der Waals surface area contributed by atoms with Gasteiger partial charge in [-0.15, -0.1) is 0 Å². The van der Waals surface area contributed by atoms with Crippen molar-refractivity contribution in [3.05, 3.63) is 54.1 Å². The Morgan fingerprint density at radius 1 is 1.06 bits per heavy atom. The van der Waals surface area contributed by atoms with Crippen molar-refractivity contribution in [3.8, 4) is 11.5 Å². The maximum atomic E-state index is 13.4. The van der Waals surface area contributed by atoms with Crippen LogP contribution in [0.15, 0.2) is 48.5 Å². The van der Waals surface area contributed by atoms with Gasteiger partial charge in [0.15, 0.2) is 5.11 Å². The molecule has 3 rings (SSSR count). The van der Waals surface area contributed by atoms with Crippen molar-refractivity contribution in [2.45, 2.75) is 51.6 Å². The Balaban J connectivity index is 1.70. The van der Waals surface area contributed by atoms with Crippen molar-refractivity contribution in [2.75, 3.05) is 25.7 Å². The van der Waals surface area contributed by atoms with Crippen LogP contribution < -0.4 is 19.7 Å². The van der Waals surface area contributed by atoms with Gasteiger partial charge in [0.1, 0.15) is 17.5 Å². The molecule has 1 aliphatic rings. The molecule has 1 aliphatic heterocycles. The minimum Gasteiger partial charge on any atom is -0.497 e. The second-order valence-corrected chi connectivity index (χ2v) is 8.61. The van der Waals surface area contributed by atoms with Crippen molar-refractivity contribution >= 4 is 34.8 Å². The van der Waals surface area contributed by atoms with E-state index in [0.29, 0.717) is 24.0 Å². The lowest BCUT2D eigenvalue weighted by molar-refractivity contribution is -0.122. The van der Waals surface area contributed by atoms with Gasteiger partial charge in [0.25, 0.3) is 5.91 Å². The summed E-state index contributed by atoms with van der Waals surface area (Å²) in [6.45, 7) is 3.23. The van der Waals surface area contributed by atoms with Crippen molar-refractivity contribution < 1.29 is 19.1 Å². The molecule has 0 bridgehead atoms. The number of hydrogen-bond acceptors (Lipinski definition) is 5. The number of imide groups is 1. The van der Waals surface area contributed by atoms with Gasteiger partial charge in [0.05, 0.1) is 25.8 Å². The minimum absolute atomic E-state index is 0.0620. The SMILES string of the molecule is CCCCCCOc1ccc(N2C(=O)CC(N(Cc3ccc(OC)cc3)C(=S)NC)C2=O)cc1. The maximum Gasteiger partial charge on any atom is 0.257 e. The molecule has 0 spiro atoms. The number of nitrogens with one attached hydrogen (secondary N) is 1. The van der Waals surface area contributed by atoms with E-state index in [4.69, 9.17) is 21.7 Å². The molecular weight excluding hydrogens is 450 g/mol. The highest BCUT2D eigenvalue weighted by Gasteiger charge is 2.43. The lowest BCUT2D eigenvalue weighted by Crippen LogP contribution is -2.48. The van der Waals surface area contributed by atoms with Gasteiger partial charge in [0.2, 0.25) is 5.91 Å². The highest BCUT2D eigenvalue weighted by molar-refractivity contribution is 7.80. The van der Waals surface area contributed by atoms with Crippen LogP contribution >= 0.6 is 12.2 Å². The fourth-order valence-corrected chi connectivity index (χ4v) is 4.13. The third kappa shape index (κ3) is 6.26. The third-order valence-electron chi connectivity index (χ3n) is 5.85. The molecule has 2 aromatic carbocycles. The number of benzene rings is 2. The summed E-state index contributed by atoms with van der Waals surface area (Å²) in [6, 6.07) is 14.0. The van der Waals surface area contributed by atoms with Crippen molar-refractivity contribution in [2.24, 2.45) is 0 Å². The number of ether oxygens (including phenoxy) is 2. The van der Waals surface area contributed by atoms with E-state index >= 15 is 0 Å². The van der Waals surface area contributed by atoms with E-state index in [-0.39, 0.29) is 18.2 Å².